The molecule has 2 rings (SSSR count). The molecule has 1 aliphatic carbocycles. The van der Waals surface area contributed by atoms with Gasteiger partial charge in [-0.25, -0.2) is 9.97 Å². The van der Waals surface area contributed by atoms with Crippen molar-refractivity contribution in [3.8, 4) is 0 Å². The molecule has 1 saturated carbocycles. The molecule has 1 aliphatic rings. The first-order valence-corrected chi connectivity index (χ1v) is 5.41. The Kier molecular flexibility index (Phi) is 3.19. The molecule has 1 fully saturated rings. The maximum absolute atomic E-state index is 10.4. The van der Waals surface area contributed by atoms with Crippen LogP contribution >= 0.6 is 0 Å². The molecule has 7 heteroatoms. The van der Waals surface area contributed by atoms with Gasteiger partial charge in [0.15, 0.2) is 0 Å². The summed E-state index contributed by atoms with van der Waals surface area (Å²) >= 11 is 0. The lowest BCUT2D eigenvalue weighted by molar-refractivity contribution is -0.385. The highest BCUT2D eigenvalue weighted by molar-refractivity contribution is 5.31. The zero-order valence-electron chi connectivity index (χ0n) is 9.55. The molecule has 0 radical (unpaired) electrons. The number of hydrogen-bond acceptors (Lipinski definition) is 6. The van der Waals surface area contributed by atoms with Gasteiger partial charge in [-0.1, -0.05) is 0 Å². The van der Waals surface area contributed by atoms with Crippen LogP contribution in [0.15, 0.2) is 12.4 Å². The van der Waals surface area contributed by atoms with Crippen molar-refractivity contribution < 1.29 is 9.66 Å². The van der Waals surface area contributed by atoms with E-state index < -0.39 is 4.92 Å². The van der Waals surface area contributed by atoms with Crippen LogP contribution in [0, 0.1) is 10.1 Å². The summed E-state index contributed by atoms with van der Waals surface area (Å²) in [7, 11) is 1.69. The third-order valence-corrected chi connectivity index (χ3v) is 3.12. The summed E-state index contributed by atoms with van der Waals surface area (Å²) < 4.78 is 5.43. The molecule has 1 heterocycles. The minimum Gasteiger partial charge on any atom is -0.376 e. The van der Waals surface area contributed by atoms with Crippen LogP contribution in [0.1, 0.15) is 19.3 Å². The van der Waals surface area contributed by atoms with Crippen LogP contribution in [-0.4, -0.2) is 34.1 Å². The van der Waals surface area contributed by atoms with Gasteiger partial charge in [-0.05, 0) is 19.3 Å². The SMILES string of the molecule is COC1(CNc2ncc([N+](=O)[O-])cn2)CCC1. The average Bonchev–Trinajstić information content (AvgIpc) is 2.29. The Bertz CT molecular complexity index is 397. The van der Waals surface area contributed by atoms with Gasteiger partial charge in [-0.3, -0.25) is 10.1 Å². The van der Waals surface area contributed by atoms with E-state index in [0.29, 0.717) is 12.5 Å². The maximum Gasteiger partial charge on any atom is 0.305 e. The van der Waals surface area contributed by atoms with Crippen molar-refractivity contribution in [3.05, 3.63) is 22.5 Å². The first kappa shape index (κ1) is 11.7. The number of anilines is 1. The Morgan fingerprint density at radius 2 is 2.18 bits per heavy atom. The molecular weight excluding hydrogens is 224 g/mol. The largest absolute Gasteiger partial charge is 0.376 e. The fourth-order valence-corrected chi connectivity index (χ4v) is 1.77. The van der Waals surface area contributed by atoms with Gasteiger partial charge >= 0.3 is 5.69 Å². The molecule has 0 amide bonds. The van der Waals surface area contributed by atoms with E-state index in [0.717, 1.165) is 19.3 Å². The summed E-state index contributed by atoms with van der Waals surface area (Å²) in [5.74, 6) is 0.388. The minimum absolute atomic E-state index is 0.111. The topological polar surface area (TPSA) is 90.2 Å². The van der Waals surface area contributed by atoms with E-state index in [2.05, 4.69) is 15.3 Å². The molecule has 0 saturated heterocycles. The number of rotatable bonds is 5. The molecule has 1 aromatic rings. The smallest absolute Gasteiger partial charge is 0.305 e. The Morgan fingerprint density at radius 3 is 2.59 bits per heavy atom. The second kappa shape index (κ2) is 4.62. The normalized spacial score (nSPS) is 17.2. The third kappa shape index (κ3) is 2.50. The molecule has 17 heavy (non-hydrogen) atoms. The van der Waals surface area contributed by atoms with Crippen molar-refractivity contribution in [1.29, 1.82) is 0 Å². The second-order valence-electron chi connectivity index (χ2n) is 4.12. The predicted octanol–water partition coefficient (Wildman–Crippen LogP) is 1.37. The Hall–Kier alpha value is -1.76. The number of nitro groups is 1. The van der Waals surface area contributed by atoms with Crippen LogP contribution in [0.5, 0.6) is 0 Å². The van der Waals surface area contributed by atoms with Gasteiger partial charge < -0.3 is 10.1 Å². The monoisotopic (exact) mass is 238 g/mol. The summed E-state index contributed by atoms with van der Waals surface area (Å²) in [5.41, 5.74) is -0.230. The quantitative estimate of drug-likeness (QED) is 0.615. The summed E-state index contributed by atoms with van der Waals surface area (Å²) in [6, 6.07) is 0. The van der Waals surface area contributed by atoms with E-state index in [1.165, 1.54) is 12.4 Å². The lowest BCUT2D eigenvalue weighted by atomic mass is 9.80. The molecule has 0 aromatic carbocycles. The average molecular weight is 238 g/mol. The molecule has 7 nitrogen and oxygen atoms in total. The van der Waals surface area contributed by atoms with Crippen LogP contribution in [0.3, 0.4) is 0 Å². The van der Waals surface area contributed by atoms with Gasteiger partial charge in [-0.2, -0.15) is 0 Å². The first-order chi connectivity index (χ1) is 8.15. The van der Waals surface area contributed by atoms with Gasteiger partial charge in [-0.15, -0.1) is 0 Å². The van der Waals surface area contributed by atoms with Crippen LogP contribution in [0.2, 0.25) is 0 Å². The summed E-state index contributed by atoms with van der Waals surface area (Å²) in [6.45, 7) is 0.626. The fraction of sp³-hybridized carbons (Fsp3) is 0.600. The predicted molar refractivity (Wildman–Crippen MR) is 60.8 cm³/mol. The third-order valence-electron chi connectivity index (χ3n) is 3.12. The summed E-state index contributed by atoms with van der Waals surface area (Å²) in [6.07, 6.45) is 5.58. The summed E-state index contributed by atoms with van der Waals surface area (Å²) in [5, 5.41) is 13.5. The number of nitrogens with zero attached hydrogens (tertiary/aromatic N) is 3. The zero-order valence-corrected chi connectivity index (χ0v) is 9.55. The van der Waals surface area contributed by atoms with E-state index in [-0.39, 0.29) is 11.3 Å². The molecule has 92 valence electrons. The van der Waals surface area contributed by atoms with E-state index in [9.17, 15) is 10.1 Å². The maximum atomic E-state index is 10.4. The fourth-order valence-electron chi connectivity index (χ4n) is 1.77. The van der Waals surface area contributed by atoms with Gasteiger partial charge in [0.2, 0.25) is 5.95 Å². The van der Waals surface area contributed by atoms with Gasteiger partial charge in [0.1, 0.15) is 12.4 Å². The van der Waals surface area contributed by atoms with Crippen molar-refractivity contribution in [2.45, 2.75) is 24.9 Å². The van der Waals surface area contributed by atoms with Crippen molar-refractivity contribution in [2.75, 3.05) is 19.0 Å². The lowest BCUT2D eigenvalue weighted by Crippen LogP contribution is -2.45. The molecule has 1 N–H and O–H groups in total. The number of nitrogens with one attached hydrogen (secondary N) is 1. The molecule has 0 unspecified atom stereocenters. The van der Waals surface area contributed by atoms with Crippen LogP contribution in [-0.2, 0) is 4.74 Å². The van der Waals surface area contributed by atoms with Crippen molar-refractivity contribution in [3.63, 3.8) is 0 Å². The highest BCUT2D eigenvalue weighted by Crippen LogP contribution is 2.34. The molecule has 1 aromatic heterocycles. The van der Waals surface area contributed by atoms with Gasteiger partial charge in [0, 0.05) is 13.7 Å². The summed E-state index contributed by atoms with van der Waals surface area (Å²) in [4.78, 5) is 17.6. The number of aromatic nitrogens is 2. The molecular formula is C10H14N4O3. The van der Waals surface area contributed by atoms with Crippen LogP contribution < -0.4 is 5.32 Å². The number of hydrogen-bond donors (Lipinski definition) is 1. The highest BCUT2D eigenvalue weighted by Gasteiger charge is 2.36. The molecule has 0 atom stereocenters. The van der Waals surface area contributed by atoms with E-state index in [4.69, 9.17) is 4.74 Å². The van der Waals surface area contributed by atoms with E-state index >= 15 is 0 Å². The van der Waals surface area contributed by atoms with Crippen LogP contribution in [0.25, 0.3) is 0 Å². The Labute approximate surface area is 98.4 Å². The van der Waals surface area contributed by atoms with Crippen molar-refractivity contribution in [1.82, 2.24) is 9.97 Å². The molecule has 0 bridgehead atoms. The zero-order chi connectivity index (χ0) is 12.3. The van der Waals surface area contributed by atoms with E-state index in [1.54, 1.807) is 7.11 Å². The number of methoxy groups -OCH3 is 1. The highest BCUT2D eigenvalue weighted by atomic mass is 16.6. The first-order valence-electron chi connectivity index (χ1n) is 5.41. The van der Waals surface area contributed by atoms with Gasteiger partial charge in [0.25, 0.3) is 0 Å². The van der Waals surface area contributed by atoms with Crippen LogP contribution in [0.4, 0.5) is 11.6 Å². The Morgan fingerprint density at radius 1 is 1.53 bits per heavy atom. The Balaban J connectivity index is 1.93. The van der Waals surface area contributed by atoms with E-state index in [1.807, 2.05) is 0 Å². The van der Waals surface area contributed by atoms with Gasteiger partial charge in [0.05, 0.1) is 10.5 Å². The number of ether oxygens (including phenoxy) is 1. The van der Waals surface area contributed by atoms with Crippen molar-refractivity contribution >= 4 is 11.6 Å². The standard InChI is InChI=1S/C10H14N4O3/c1-17-10(3-2-4-10)7-13-9-11-5-8(6-12-9)14(15)16/h5-6H,2-4,7H2,1H3,(H,11,12,13). The lowest BCUT2D eigenvalue weighted by Gasteiger charge is -2.40. The second-order valence-corrected chi connectivity index (χ2v) is 4.12. The minimum atomic E-state index is -0.521. The van der Waals surface area contributed by atoms with Crippen molar-refractivity contribution in [2.24, 2.45) is 0 Å². The molecule has 0 spiro atoms. The molecule has 0 aliphatic heterocycles.